The van der Waals surface area contributed by atoms with Gasteiger partial charge in [-0.25, -0.2) is 4.98 Å². The molecule has 1 saturated heterocycles. The number of benzene rings is 1. The van der Waals surface area contributed by atoms with Gasteiger partial charge in [-0.1, -0.05) is 48.9 Å². The maximum Gasteiger partial charge on any atom is 0.127 e. The molecule has 5 nitrogen and oxygen atoms in total. The number of allylic oxidation sites excluding steroid dienone is 1. The lowest BCUT2D eigenvalue weighted by molar-refractivity contribution is 0.343. The number of aromatic nitrogens is 3. The van der Waals surface area contributed by atoms with Crippen LogP contribution in [0.2, 0.25) is 5.02 Å². The molecular formula is C24H28ClN5. The van der Waals surface area contributed by atoms with Gasteiger partial charge in [-0.15, -0.1) is 0 Å². The number of rotatable bonds is 6. The molecule has 0 amide bonds. The smallest absolute Gasteiger partial charge is 0.127 e. The van der Waals surface area contributed by atoms with Gasteiger partial charge in [0, 0.05) is 40.0 Å². The van der Waals surface area contributed by atoms with Crippen molar-refractivity contribution in [1.82, 2.24) is 20.1 Å². The van der Waals surface area contributed by atoms with Crippen LogP contribution in [0.5, 0.6) is 0 Å². The Bertz CT molecular complexity index is 1020. The van der Waals surface area contributed by atoms with E-state index in [0.29, 0.717) is 11.9 Å². The molecule has 1 aromatic carbocycles. The van der Waals surface area contributed by atoms with Gasteiger partial charge in [0.15, 0.2) is 0 Å². The summed E-state index contributed by atoms with van der Waals surface area (Å²) < 4.78 is 2.10. The molecule has 0 bridgehead atoms. The molecule has 3 N–H and O–H groups in total. The van der Waals surface area contributed by atoms with Gasteiger partial charge in [0.25, 0.3) is 0 Å². The third kappa shape index (κ3) is 4.58. The zero-order valence-corrected chi connectivity index (χ0v) is 18.0. The van der Waals surface area contributed by atoms with Gasteiger partial charge >= 0.3 is 0 Å². The van der Waals surface area contributed by atoms with Crippen LogP contribution in [0.3, 0.4) is 0 Å². The molecule has 0 aliphatic carbocycles. The first-order valence-corrected chi connectivity index (χ1v) is 11.0. The van der Waals surface area contributed by atoms with Crippen molar-refractivity contribution in [2.24, 2.45) is 0 Å². The lowest BCUT2D eigenvalue weighted by Gasteiger charge is -2.22. The third-order valence-electron chi connectivity index (χ3n) is 5.82. The van der Waals surface area contributed by atoms with E-state index in [2.05, 4.69) is 51.4 Å². The molecular weight excluding hydrogens is 394 g/mol. The molecule has 3 heterocycles. The molecule has 2 aromatic heterocycles. The van der Waals surface area contributed by atoms with Crippen LogP contribution in [0.1, 0.15) is 49.3 Å². The van der Waals surface area contributed by atoms with Crippen molar-refractivity contribution >= 4 is 23.5 Å². The first-order chi connectivity index (χ1) is 14.7. The summed E-state index contributed by atoms with van der Waals surface area (Å²) in [5, 5.41) is 8.77. The maximum absolute atomic E-state index is 6.30. The molecule has 1 aliphatic rings. The van der Waals surface area contributed by atoms with E-state index < -0.39 is 0 Å². The van der Waals surface area contributed by atoms with E-state index in [-0.39, 0.29) is 5.92 Å². The standard InChI is InChI=1S/C24H28ClN5/c1-2-17(7-8-18-5-3-4-6-23(18)25)22-13-19(14-28-24(22)26)20-15-29-30(16-20)21-9-11-27-12-10-21/h3-8,13-17,21,27H,2,9-12H2,1H3,(H2,26,28)/b8-7-. The summed E-state index contributed by atoms with van der Waals surface area (Å²) in [4.78, 5) is 4.49. The molecule has 0 spiro atoms. The van der Waals surface area contributed by atoms with E-state index in [4.69, 9.17) is 17.3 Å². The molecule has 3 aromatic rings. The van der Waals surface area contributed by atoms with Gasteiger partial charge in [-0.05, 0) is 50.0 Å². The predicted molar refractivity (Wildman–Crippen MR) is 125 cm³/mol. The molecule has 1 unspecified atom stereocenters. The van der Waals surface area contributed by atoms with Crippen molar-refractivity contribution in [2.45, 2.75) is 38.1 Å². The van der Waals surface area contributed by atoms with Crippen LogP contribution in [0.25, 0.3) is 17.2 Å². The average molecular weight is 422 g/mol. The number of hydrogen-bond donors (Lipinski definition) is 2. The predicted octanol–water partition coefficient (Wildman–Crippen LogP) is 5.31. The van der Waals surface area contributed by atoms with E-state index >= 15 is 0 Å². The Hall–Kier alpha value is -2.63. The van der Waals surface area contributed by atoms with Crippen LogP contribution in [0, 0.1) is 0 Å². The number of nitrogens with one attached hydrogen (secondary N) is 1. The highest BCUT2D eigenvalue weighted by Crippen LogP contribution is 2.31. The highest BCUT2D eigenvalue weighted by Gasteiger charge is 2.17. The van der Waals surface area contributed by atoms with E-state index in [1.165, 1.54) is 0 Å². The van der Waals surface area contributed by atoms with Crippen molar-refractivity contribution in [3.63, 3.8) is 0 Å². The largest absolute Gasteiger partial charge is 0.383 e. The van der Waals surface area contributed by atoms with Crippen LogP contribution in [0.4, 0.5) is 5.82 Å². The number of hydrogen-bond acceptors (Lipinski definition) is 4. The van der Waals surface area contributed by atoms with Crippen molar-refractivity contribution in [3.8, 4) is 11.1 Å². The Labute approximate surface area is 183 Å². The van der Waals surface area contributed by atoms with Crippen molar-refractivity contribution in [1.29, 1.82) is 0 Å². The summed E-state index contributed by atoms with van der Waals surface area (Å²) in [6, 6.07) is 10.5. The number of nitrogen functional groups attached to an aromatic ring is 1. The van der Waals surface area contributed by atoms with E-state index in [1.54, 1.807) is 0 Å². The minimum atomic E-state index is 0.160. The van der Waals surface area contributed by atoms with Crippen molar-refractivity contribution < 1.29 is 0 Å². The molecule has 1 fully saturated rings. The van der Waals surface area contributed by atoms with E-state index in [1.807, 2.05) is 36.7 Å². The number of piperidine rings is 1. The van der Waals surface area contributed by atoms with Gasteiger partial charge in [-0.2, -0.15) is 5.10 Å². The Balaban J connectivity index is 1.59. The first-order valence-electron chi connectivity index (χ1n) is 10.6. The van der Waals surface area contributed by atoms with Crippen LogP contribution in [-0.4, -0.2) is 27.9 Å². The first kappa shape index (κ1) is 20.6. The summed E-state index contributed by atoms with van der Waals surface area (Å²) >= 11 is 6.30. The lowest BCUT2D eigenvalue weighted by atomic mass is 9.94. The summed E-state index contributed by atoms with van der Waals surface area (Å²) in [7, 11) is 0. The minimum Gasteiger partial charge on any atom is -0.383 e. The Morgan fingerprint density at radius 1 is 1.23 bits per heavy atom. The fraction of sp³-hybridized carbons (Fsp3) is 0.333. The van der Waals surface area contributed by atoms with Crippen molar-refractivity contribution in [3.05, 3.63) is 71.1 Å². The molecule has 156 valence electrons. The summed E-state index contributed by atoms with van der Waals surface area (Å²) in [6.07, 6.45) is 13.3. The lowest BCUT2D eigenvalue weighted by Crippen LogP contribution is -2.29. The molecule has 1 atom stereocenters. The number of pyridine rings is 1. The highest BCUT2D eigenvalue weighted by atomic mass is 35.5. The van der Waals surface area contributed by atoms with Gasteiger partial charge in [0.2, 0.25) is 0 Å². The fourth-order valence-corrected chi connectivity index (χ4v) is 4.19. The van der Waals surface area contributed by atoms with Gasteiger partial charge in [0.1, 0.15) is 5.82 Å². The zero-order chi connectivity index (χ0) is 20.9. The van der Waals surface area contributed by atoms with Crippen molar-refractivity contribution in [2.75, 3.05) is 18.8 Å². The number of nitrogens with two attached hydrogens (primary N) is 1. The quantitative estimate of drug-likeness (QED) is 0.565. The van der Waals surface area contributed by atoms with Gasteiger partial charge in [-0.3, -0.25) is 4.68 Å². The summed E-state index contributed by atoms with van der Waals surface area (Å²) in [5.74, 6) is 0.730. The fourth-order valence-electron chi connectivity index (χ4n) is 3.99. The molecule has 1 aliphatic heterocycles. The normalized spacial score (nSPS) is 16.2. The second-order valence-electron chi connectivity index (χ2n) is 7.78. The SMILES string of the molecule is CCC(/C=C\c1ccccc1Cl)c1cc(-c2cnn(C3CCNCC3)c2)cnc1N. The topological polar surface area (TPSA) is 68.8 Å². The van der Waals surface area contributed by atoms with Crippen LogP contribution < -0.4 is 11.1 Å². The Morgan fingerprint density at radius 2 is 2.03 bits per heavy atom. The van der Waals surface area contributed by atoms with Crippen LogP contribution in [-0.2, 0) is 0 Å². The zero-order valence-electron chi connectivity index (χ0n) is 17.3. The number of halogens is 1. The summed E-state index contributed by atoms with van der Waals surface area (Å²) in [6.45, 7) is 4.25. The molecule has 6 heteroatoms. The van der Waals surface area contributed by atoms with Crippen LogP contribution >= 0.6 is 11.6 Å². The maximum atomic E-state index is 6.30. The monoisotopic (exact) mass is 421 g/mol. The average Bonchev–Trinajstić information content (AvgIpc) is 3.27. The highest BCUT2D eigenvalue weighted by molar-refractivity contribution is 6.32. The second-order valence-corrected chi connectivity index (χ2v) is 8.19. The number of nitrogens with zero attached hydrogens (tertiary/aromatic N) is 3. The molecule has 30 heavy (non-hydrogen) atoms. The van der Waals surface area contributed by atoms with Gasteiger partial charge < -0.3 is 11.1 Å². The van der Waals surface area contributed by atoms with Crippen LogP contribution in [0.15, 0.2) is 55.0 Å². The van der Waals surface area contributed by atoms with Gasteiger partial charge in [0.05, 0.1) is 12.2 Å². The summed E-state index contributed by atoms with van der Waals surface area (Å²) in [5.41, 5.74) is 10.4. The third-order valence-corrected chi connectivity index (χ3v) is 6.16. The molecule has 0 saturated carbocycles. The Kier molecular flexibility index (Phi) is 6.50. The Morgan fingerprint density at radius 3 is 2.80 bits per heavy atom. The molecule has 0 radical (unpaired) electrons. The van der Waals surface area contributed by atoms with E-state index in [9.17, 15) is 0 Å². The second kappa shape index (κ2) is 9.45. The van der Waals surface area contributed by atoms with E-state index in [0.717, 1.165) is 59.6 Å². The number of anilines is 1. The minimum absolute atomic E-state index is 0.160. The molecule has 4 rings (SSSR count).